The molecular formula is C13H18N4O2. The van der Waals surface area contributed by atoms with Crippen molar-refractivity contribution in [2.45, 2.75) is 37.8 Å². The van der Waals surface area contributed by atoms with E-state index in [4.69, 9.17) is 0 Å². The predicted octanol–water partition coefficient (Wildman–Crippen LogP) is 1.71. The molecule has 0 amide bonds. The second kappa shape index (κ2) is 5.13. The Bertz CT molecular complexity index is 469. The average molecular weight is 262 g/mol. The topological polar surface area (TPSA) is 71.3 Å². The van der Waals surface area contributed by atoms with Crippen molar-refractivity contribution in [1.29, 1.82) is 0 Å². The van der Waals surface area contributed by atoms with Gasteiger partial charge in [0.15, 0.2) is 0 Å². The molecule has 1 saturated heterocycles. The van der Waals surface area contributed by atoms with Gasteiger partial charge in [-0.25, -0.2) is 0 Å². The van der Waals surface area contributed by atoms with E-state index in [1.165, 1.54) is 12.6 Å². The maximum Gasteiger partial charge on any atom is 0.387 e. The molecule has 102 valence electrons. The Morgan fingerprint density at radius 1 is 1.47 bits per heavy atom. The van der Waals surface area contributed by atoms with E-state index in [2.05, 4.69) is 15.2 Å². The molecule has 0 bridgehead atoms. The Hall–Kier alpha value is -1.69. The highest BCUT2D eigenvalue weighted by Gasteiger charge is 2.35. The maximum absolute atomic E-state index is 11.1. The molecule has 1 aromatic rings. The van der Waals surface area contributed by atoms with E-state index in [9.17, 15) is 10.1 Å². The van der Waals surface area contributed by atoms with Crippen molar-refractivity contribution in [3.63, 3.8) is 0 Å². The van der Waals surface area contributed by atoms with E-state index in [0.717, 1.165) is 32.4 Å². The summed E-state index contributed by atoms with van der Waals surface area (Å²) < 4.78 is 0. The monoisotopic (exact) mass is 262 g/mol. The summed E-state index contributed by atoms with van der Waals surface area (Å²) in [6.45, 7) is 1.90. The van der Waals surface area contributed by atoms with Crippen molar-refractivity contribution in [1.82, 2.24) is 10.3 Å². The normalized spacial score (nSPS) is 22.4. The third-order valence-electron chi connectivity index (χ3n) is 3.82. The zero-order valence-corrected chi connectivity index (χ0v) is 10.8. The molecule has 6 heteroatoms. The quantitative estimate of drug-likeness (QED) is 0.646. The number of anilines is 1. The fourth-order valence-corrected chi connectivity index (χ4v) is 2.73. The highest BCUT2D eigenvalue weighted by Crippen LogP contribution is 2.36. The van der Waals surface area contributed by atoms with Gasteiger partial charge < -0.3 is 20.3 Å². The largest absolute Gasteiger partial charge is 0.387 e. The van der Waals surface area contributed by atoms with Gasteiger partial charge in [0.05, 0.1) is 0 Å². The SMILES string of the molecule is O=[N+]([O-])c1ncccc1N(CC1CCCN1)C1CC1. The molecule has 2 aliphatic rings. The van der Waals surface area contributed by atoms with E-state index in [1.54, 1.807) is 6.07 Å². The minimum Gasteiger partial charge on any atom is -0.360 e. The summed E-state index contributed by atoms with van der Waals surface area (Å²) in [6.07, 6.45) is 6.08. The molecular weight excluding hydrogens is 244 g/mol. The highest BCUT2D eigenvalue weighted by atomic mass is 16.6. The number of hydrogen-bond acceptors (Lipinski definition) is 5. The van der Waals surface area contributed by atoms with Crippen LogP contribution in [-0.4, -0.2) is 35.1 Å². The van der Waals surface area contributed by atoms with Crippen LogP contribution in [0.25, 0.3) is 0 Å². The van der Waals surface area contributed by atoms with Crippen LogP contribution in [0.5, 0.6) is 0 Å². The molecule has 1 atom stereocenters. The molecule has 1 aliphatic carbocycles. The van der Waals surface area contributed by atoms with Gasteiger partial charge in [-0.3, -0.25) is 0 Å². The zero-order valence-electron chi connectivity index (χ0n) is 10.8. The van der Waals surface area contributed by atoms with Crippen molar-refractivity contribution in [2.24, 2.45) is 0 Å². The Balaban J connectivity index is 1.84. The summed E-state index contributed by atoms with van der Waals surface area (Å²) in [5.41, 5.74) is 0.670. The first-order valence-corrected chi connectivity index (χ1v) is 6.85. The first kappa shape index (κ1) is 12.3. The maximum atomic E-state index is 11.1. The Kier molecular flexibility index (Phi) is 3.33. The lowest BCUT2D eigenvalue weighted by molar-refractivity contribution is -0.388. The second-order valence-electron chi connectivity index (χ2n) is 5.28. The minimum absolute atomic E-state index is 0.0209. The van der Waals surface area contributed by atoms with Crippen LogP contribution in [0, 0.1) is 10.1 Å². The first-order valence-electron chi connectivity index (χ1n) is 6.85. The molecule has 19 heavy (non-hydrogen) atoms. The molecule has 0 spiro atoms. The van der Waals surface area contributed by atoms with E-state index >= 15 is 0 Å². The van der Waals surface area contributed by atoms with Crippen LogP contribution < -0.4 is 10.2 Å². The molecule has 6 nitrogen and oxygen atoms in total. The van der Waals surface area contributed by atoms with Gasteiger partial charge in [-0.2, -0.15) is 0 Å². The van der Waals surface area contributed by atoms with Gasteiger partial charge in [-0.15, -0.1) is 0 Å². The second-order valence-corrected chi connectivity index (χ2v) is 5.28. The molecule has 2 fully saturated rings. The van der Waals surface area contributed by atoms with Crippen LogP contribution in [0.15, 0.2) is 18.3 Å². The highest BCUT2D eigenvalue weighted by molar-refractivity contribution is 5.60. The van der Waals surface area contributed by atoms with Crippen molar-refractivity contribution >= 4 is 11.5 Å². The standard InChI is InChI=1S/C13H18N4O2/c18-17(19)13-12(4-2-8-15-13)16(11-5-6-11)9-10-3-1-7-14-10/h2,4,8,10-11,14H,1,3,5-7,9H2. The Labute approximate surface area is 112 Å². The van der Waals surface area contributed by atoms with Gasteiger partial charge in [0, 0.05) is 18.6 Å². The van der Waals surface area contributed by atoms with Crippen molar-refractivity contribution in [3.8, 4) is 0 Å². The average Bonchev–Trinajstić information content (AvgIpc) is 3.13. The van der Waals surface area contributed by atoms with E-state index < -0.39 is 0 Å². The summed E-state index contributed by atoms with van der Waals surface area (Å²) in [7, 11) is 0. The number of pyridine rings is 1. The van der Waals surface area contributed by atoms with E-state index in [-0.39, 0.29) is 10.7 Å². The number of rotatable bonds is 5. The van der Waals surface area contributed by atoms with Crippen molar-refractivity contribution in [2.75, 3.05) is 18.0 Å². The van der Waals surface area contributed by atoms with Crippen molar-refractivity contribution in [3.05, 3.63) is 28.4 Å². The van der Waals surface area contributed by atoms with E-state index in [1.807, 2.05) is 6.07 Å². The fraction of sp³-hybridized carbons (Fsp3) is 0.615. The predicted molar refractivity (Wildman–Crippen MR) is 72.3 cm³/mol. The summed E-state index contributed by atoms with van der Waals surface area (Å²) in [5, 5.41) is 14.6. The number of nitro groups is 1. The van der Waals surface area contributed by atoms with Crippen LogP contribution in [0.3, 0.4) is 0 Å². The van der Waals surface area contributed by atoms with Crippen molar-refractivity contribution < 1.29 is 4.92 Å². The molecule has 0 aromatic carbocycles. The number of nitrogens with zero attached hydrogens (tertiary/aromatic N) is 3. The lowest BCUT2D eigenvalue weighted by atomic mass is 10.2. The number of hydrogen-bond donors (Lipinski definition) is 1. The summed E-state index contributed by atoms with van der Waals surface area (Å²) in [6, 6.07) is 4.49. The Morgan fingerprint density at radius 2 is 2.32 bits per heavy atom. The van der Waals surface area contributed by atoms with Crippen LogP contribution in [-0.2, 0) is 0 Å². The molecule has 1 saturated carbocycles. The summed E-state index contributed by atoms with van der Waals surface area (Å²) >= 11 is 0. The molecule has 0 radical (unpaired) electrons. The van der Waals surface area contributed by atoms with Gasteiger partial charge >= 0.3 is 5.82 Å². The third-order valence-corrected chi connectivity index (χ3v) is 3.82. The van der Waals surface area contributed by atoms with Gasteiger partial charge in [0.1, 0.15) is 11.9 Å². The third kappa shape index (κ3) is 2.68. The van der Waals surface area contributed by atoms with Crippen LogP contribution in [0.1, 0.15) is 25.7 Å². The van der Waals surface area contributed by atoms with Crippen LogP contribution in [0.2, 0.25) is 0 Å². The zero-order chi connectivity index (χ0) is 13.2. The molecule has 1 unspecified atom stereocenters. The van der Waals surface area contributed by atoms with Crippen LogP contribution in [0.4, 0.5) is 11.5 Å². The minimum atomic E-state index is -0.382. The molecule has 3 rings (SSSR count). The first-order chi connectivity index (χ1) is 9.25. The Morgan fingerprint density at radius 3 is 2.95 bits per heavy atom. The van der Waals surface area contributed by atoms with E-state index in [0.29, 0.717) is 17.8 Å². The van der Waals surface area contributed by atoms with Gasteiger partial charge in [0.2, 0.25) is 0 Å². The van der Waals surface area contributed by atoms with Gasteiger partial charge in [-0.1, -0.05) is 0 Å². The fourth-order valence-electron chi connectivity index (χ4n) is 2.73. The van der Waals surface area contributed by atoms with Gasteiger partial charge in [-0.05, 0) is 54.3 Å². The number of aromatic nitrogens is 1. The summed E-state index contributed by atoms with van der Waals surface area (Å²) in [4.78, 5) is 16.8. The molecule has 1 N–H and O–H groups in total. The molecule has 1 aromatic heterocycles. The number of nitrogens with one attached hydrogen (secondary N) is 1. The van der Waals surface area contributed by atoms with Gasteiger partial charge in [0.25, 0.3) is 0 Å². The van der Waals surface area contributed by atoms with Crippen LogP contribution >= 0.6 is 0 Å². The molecule has 2 heterocycles. The lowest BCUT2D eigenvalue weighted by Crippen LogP contribution is -2.39. The lowest BCUT2D eigenvalue weighted by Gasteiger charge is -2.27. The smallest absolute Gasteiger partial charge is 0.360 e. The molecule has 1 aliphatic heterocycles. The summed E-state index contributed by atoms with van der Waals surface area (Å²) in [5.74, 6) is -0.0209.